The summed E-state index contributed by atoms with van der Waals surface area (Å²) in [7, 11) is 1.60. The largest absolute Gasteiger partial charge is 0.497 e. The predicted molar refractivity (Wildman–Crippen MR) is 102 cm³/mol. The van der Waals surface area contributed by atoms with Crippen LogP contribution in [-0.2, 0) is 4.79 Å². The van der Waals surface area contributed by atoms with E-state index in [1.807, 2.05) is 4.90 Å². The Bertz CT molecular complexity index is 542. The van der Waals surface area contributed by atoms with Crippen LogP contribution in [0.15, 0.2) is 24.3 Å². The summed E-state index contributed by atoms with van der Waals surface area (Å²) >= 11 is 0. The van der Waals surface area contributed by atoms with E-state index in [9.17, 15) is 9.59 Å². The quantitative estimate of drug-likeness (QED) is 0.680. The number of ketones is 1. The van der Waals surface area contributed by atoms with Gasteiger partial charge in [0.25, 0.3) is 0 Å². The van der Waals surface area contributed by atoms with Crippen molar-refractivity contribution in [3.63, 3.8) is 0 Å². The summed E-state index contributed by atoms with van der Waals surface area (Å²) in [6, 6.07) is 7.44. The lowest BCUT2D eigenvalue weighted by Crippen LogP contribution is -2.42. The van der Waals surface area contributed by atoms with E-state index < -0.39 is 0 Å². The Kier molecular flexibility index (Phi) is 9.53. The number of hydrogen-bond acceptors (Lipinski definition) is 4. The zero-order chi connectivity index (χ0) is 17.4. The van der Waals surface area contributed by atoms with Crippen LogP contribution >= 0.6 is 12.4 Å². The van der Waals surface area contributed by atoms with Crippen LogP contribution in [0, 0.1) is 0 Å². The lowest BCUT2D eigenvalue weighted by Gasteiger charge is -2.28. The first-order valence-corrected chi connectivity index (χ1v) is 8.83. The second-order valence-corrected chi connectivity index (χ2v) is 6.24. The summed E-state index contributed by atoms with van der Waals surface area (Å²) in [4.78, 5) is 26.7. The average Bonchev–Trinajstić information content (AvgIpc) is 3.13. The number of nitrogens with zero attached hydrogens (tertiary/aromatic N) is 1. The SMILES string of the molecule is CCCN(C(=O)CCCC(=O)c1ccc(OC)cc1)C1CCNC1.Cl. The molecule has 1 heterocycles. The third kappa shape index (κ3) is 6.33. The summed E-state index contributed by atoms with van der Waals surface area (Å²) in [5.74, 6) is 0.991. The monoisotopic (exact) mass is 368 g/mol. The van der Waals surface area contributed by atoms with Crippen molar-refractivity contribution in [1.29, 1.82) is 0 Å². The number of methoxy groups -OCH3 is 1. The number of halogens is 1. The van der Waals surface area contributed by atoms with Gasteiger partial charge in [-0.2, -0.15) is 0 Å². The van der Waals surface area contributed by atoms with Gasteiger partial charge in [0, 0.05) is 37.5 Å². The molecule has 5 nitrogen and oxygen atoms in total. The number of hydrogen-bond donors (Lipinski definition) is 1. The van der Waals surface area contributed by atoms with Gasteiger partial charge in [-0.15, -0.1) is 12.4 Å². The van der Waals surface area contributed by atoms with Crippen LogP contribution in [0.1, 0.15) is 49.4 Å². The molecule has 0 radical (unpaired) electrons. The molecule has 1 fully saturated rings. The minimum atomic E-state index is 0. The zero-order valence-electron chi connectivity index (χ0n) is 15.1. The number of nitrogens with one attached hydrogen (secondary N) is 1. The first-order chi connectivity index (χ1) is 11.7. The molecule has 1 atom stereocenters. The number of benzene rings is 1. The van der Waals surface area contributed by atoms with E-state index in [4.69, 9.17) is 4.74 Å². The van der Waals surface area contributed by atoms with Crippen molar-refractivity contribution < 1.29 is 14.3 Å². The number of ether oxygens (including phenoxy) is 1. The second kappa shape index (κ2) is 11.1. The number of rotatable bonds is 9. The molecule has 2 rings (SSSR count). The predicted octanol–water partition coefficient (Wildman–Crippen LogP) is 3.07. The number of Topliss-reactive ketones (excluding diaryl/α,β-unsaturated/α-hetero) is 1. The molecule has 1 saturated heterocycles. The van der Waals surface area contributed by atoms with Crippen LogP contribution in [0.4, 0.5) is 0 Å². The fraction of sp³-hybridized carbons (Fsp3) is 0.579. The molecule has 1 aromatic carbocycles. The smallest absolute Gasteiger partial charge is 0.222 e. The first-order valence-electron chi connectivity index (χ1n) is 8.83. The molecule has 140 valence electrons. The molecular formula is C19H29ClN2O3. The van der Waals surface area contributed by atoms with Gasteiger partial charge in [-0.25, -0.2) is 0 Å². The molecule has 1 amide bonds. The van der Waals surface area contributed by atoms with Crippen molar-refractivity contribution in [2.45, 2.75) is 45.1 Å². The van der Waals surface area contributed by atoms with Crippen LogP contribution in [0.5, 0.6) is 5.75 Å². The standard InChI is InChI=1S/C19H28N2O3.ClH/c1-3-13-21(16-11-12-20-14-16)19(23)6-4-5-18(22)15-7-9-17(24-2)10-8-15;/h7-10,16,20H,3-6,11-14H2,1-2H3;1H. The highest BCUT2D eigenvalue weighted by Gasteiger charge is 2.25. The third-order valence-corrected chi connectivity index (χ3v) is 4.47. The van der Waals surface area contributed by atoms with Gasteiger partial charge in [0.15, 0.2) is 5.78 Å². The number of amides is 1. The Hall–Kier alpha value is -1.59. The normalized spacial score (nSPS) is 16.2. The van der Waals surface area contributed by atoms with Crippen LogP contribution in [0.2, 0.25) is 0 Å². The van der Waals surface area contributed by atoms with Crippen molar-refractivity contribution in [2.75, 3.05) is 26.7 Å². The summed E-state index contributed by atoms with van der Waals surface area (Å²) in [5, 5.41) is 3.31. The Morgan fingerprint density at radius 2 is 1.96 bits per heavy atom. The first kappa shape index (κ1) is 21.5. The molecule has 1 unspecified atom stereocenters. The van der Waals surface area contributed by atoms with Crippen molar-refractivity contribution in [1.82, 2.24) is 10.2 Å². The summed E-state index contributed by atoms with van der Waals surface area (Å²) < 4.78 is 5.09. The maximum atomic E-state index is 12.5. The molecular weight excluding hydrogens is 340 g/mol. The highest BCUT2D eigenvalue weighted by atomic mass is 35.5. The third-order valence-electron chi connectivity index (χ3n) is 4.47. The molecule has 0 spiro atoms. The average molecular weight is 369 g/mol. The Morgan fingerprint density at radius 3 is 2.52 bits per heavy atom. The van der Waals surface area contributed by atoms with Gasteiger partial charge >= 0.3 is 0 Å². The molecule has 0 bridgehead atoms. The van der Waals surface area contributed by atoms with E-state index in [1.54, 1.807) is 31.4 Å². The summed E-state index contributed by atoms with van der Waals surface area (Å²) in [6.07, 6.45) is 3.44. The van der Waals surface area contributed by atoms with E-state index in [0.717, 1.165) is 38.2 Å². The van der Waals surface area contributed by atoms with Crippen LogP contribution in [0.3, 0.4) is 0 Å². The molecule has 1 aliphatic heterocycles. The molecule has 0 aromatic heterocycles. The molecule has 1 N–H and O–H groups in total. The van der Waals surface area contributed by atoms with Gasteiger partial charge in [-0.1, -0.05) is 6.92 Å². The Labute approximate surface area is 156 Å². The Morgan fingerprint density at radius 1 is 1.24 bits per heavy atom. The fourth-order valence-electron chi connectivity index (χ4n) is 3.12. The van der Waals surface area contributed by atoms with Crippen molar-refractivity contribution >= 4 is 24.1 Å². The van der Waals surface area contributed by atoms with Gasteiger partial charge in [0.2, 0.25) is 5.91 Å². The lowest BCUT2D eigenvalue weighted by molar-refractivity contribution is -0.133. The second-order valence-electron chi connectivity index (χ2n) is 6.24. The molecule has 6 heteroatoms. The Balaban J connectivity index is 0.00000312. The number of carbonyl (C=O) groups is 2. The van der Waals surface area contributed by atoms with Gasteiger partial charge in [0.1, 0.15) is 5.75 Å². The van der Waals surface area contributed by atoms with Gasteiger partial charge in [-0.3, -0.25) is 9.59 Å². The maximum Gasteiger partial charge on any atom is 0.222 e. The van der Waals surface area contributed by atoms with Crippen LogP contribution < -0.4 is 10.1 Å². The minimum absolute atomic E-state index is 0. The van der Waals surface area contributed by atoms with Crippen molar-refractivity contribution in [2.24, 2.45) is 0 Å². The summed E-state index contributed by atoms with van der Waals surface area (Å²) in [6.45, 7) is 4.76. The van der Waals surface area contributed by atoms with Gasteiger partial charge in [-0.05, 0) is 50.1 Å². The van der Waals surface area contributed by atoms with E-state index in [0.29, 0.717) is 30.9 Å². The van der Waals surface area contributed by atoms with Crippen molar-refractivity contribution in [3.8, 4) is 5.75 Å². The van der Waals surface area contributed by atoms with Gasteiger partial charge < -0.3 is 15.0 Å². The van der Waals surface area contributed by atoms with E-state index in [1.165, 1.54) is 0 Å². The molecule has 1 aliphatic rings. The highest BCUT2D eigenvalue weighted by Crippen LogP contribution is 2.16. The summed E-state index contributed by atoms with van der Waals surface area (Å²) in [5.41, 5.74) is 0.675. The van der Waals surface area contributed by atoms with E-state index in [-0.39, 0.29) is 24.1 Å². The van der Waals surface area contributed by atoms with Crippen molar-refractivity contribution in [3.05, 3.63) is 29.8 Å². The molecule has 0 aliphatic carbocycles. The topological polar surface area (TPSA) is 58.6 Å². The van der Waals surface area contributed by atoms with Crippen LogP contribution in [-0.4, -0.2) is 49.4 Å². The zero-order valence-corrected chi connectivity index (χ0v) is 15.9. The highest BCUT2D eigenvalue weighted by molar-refractivity contribution is 5.96. The van der Waals surface area contributed by atoms with Crippen LogP contribution in [0.25, 0.3) is 0 Å². The lowest BCUT2D eigenvalue weighted by atomic mass is 10.0. The number of carbonyl (C=O) groups excluding carboxylic acids is 2. The molecule has 0 saturated carbocycles. The van der Waals surface area contributed by atoms with E-state index in [2.05, 4.69) is 12.2 Å². The molecule has 25 heavy (non-hydrogen) atoms. The maximum absolute atomic E-state index is 12.5. The van der Waals surface area contributed by atoms with E-state index >= 15 is 0 Å². The van der Waals surface area contributed by atoms with Gasteiger partial charge in [0.05, 0.1) is 7.11 Å². The fourth-order valence-corrected chi connectivity index (χ4v) is 3.12. The molecule has 1 aromatic rings. The minimum Gasteiger partial charge on any atom is -0.497 e.